The Kier molecular flexibility index (Phi) is 8.26. The van der Waals surface area contributed by atoms with Gasteiger partial charge in [-0.1, -0.05) is 19.8 Å². The number of carbonyl (C=O) groups is 2. The number of alkyl halides is 2. The van der Waals surface area contributed by atoms with Gasteiger partial charge < -0.3 is 9.47 Å². The van der Waals surface area contributed by atoms with Crippen molar-refractivity contribution in [1.29, 1.82) is 0 Å². The molecule has 0 heterocycles. The van der Waals surface area contributed by atoms with Crippen LogP contribution in [0.15, 0.2) is 12.1 Å². The smallest absolute Gasteiger partial charge is 0.374 e. The van der Waals surface area contributed by atoms with Gasteiger partial charge in [0, 0.05) is 0 Å². The molecule has 1 aromatic carbocycles. The molecule has 0 bridgehead atoms. The summed E-state index contributed by atoms with van der Waals surface area (Å²) in [6.45, 7) is 2.02. The van der Waals surface area contributed by atoms with Crippen molar-refractivity contribution in [2.75, 3.05) is 0 Å². The largest absolute Gasteiger partial charge is 0.459 e. The topological polar surface area (TPSA) is 52.6 Å². The number of ether oxygens (including phenoxy) is 2. The molecule has 1 aliphatic carbocycles. The zero-order valence-corrected chi connectivity index (χ0v) is 15.7. The van der Waals surface area contributed by atoms with Crippen molar-refractivity contribution in [3.63, 3.8) is 0 Å². The summed E-state index contributed by atoms with van der Waals surface area (Å²) < 4.78 is 62.7. The average Bonchev–Trinajstić information content (AvgIpc) is 2.63. The van der Waals surface area contributed by atoms with Gasteiger partial charge in [0.05, 0.1) is 0 Å². The van der Waals surface area contributed by atoms with Crippen LogP contribution in [0.3, 0.4) is 0 Å². The first-order valence-corrected chi connectivity index (χ1v) is 9.49. The number of unbranched alkanes of at least 4 members (excludes halogenated alkanes) is 2. The van der Waals surface area contributed by atoms with Crippen molar-refractivity contribution in [3.05, 3.63) is 34.9 Å². The van der Waals surface area contributed by atoms with E-state index in [4.69, 9.17) is 4.74 Å². The van der Waals surface area contributed by atoms with E-state index in [1.165, 1.54) is 0 Å². The van der Waals surface area contributed by atoms with E-state index in [1.54, 1.807) is 0 Å². The Morgan fingerprint density at radius 2 is 1.54 bits per heavy atom. The van der Waals surface area contributed by atoms with Crippen LogP contribution in [-0.2, 0) is 20.7 Å². The number of aryl methyl sites for hydroxylation is 1. The number of esters is 2. The normalized spacial score (nSPS) is 19.5. The summed E-state index contributed by atoms with van der Waals surface area (Å²) >= 11 is 0. The molecule has 0 aliphatic heterocycles. The quantitative estimate of drug-likeness (QED) is 0.349. The van der Waals surface area contributed by atoms with Crippen LogP contribution in [0, 0.1) is 11.6 Å². The molecule has 1 saturated carbocycles. The molecular weight excluding hydrogens is 380 g/mol. The molecule has 0 atom stereocenters. The van der Waals surface area contributed by atoms with E-state index < -0.39 is 47.8 Å². The van der Waals surface area contributed by atoms with Gasteiger partial charge >= 0.3 is 18.4 Å². The van der Waals surface area contributed by atoms with E-state index in [1.807, 2.05) is 6.92 Å². The Bertz CT molecular complexity index is 662. The third-order valence-electron chi connectivity index (χ3n) is 4.73. The standard InChI is InChI=1S/C20H24F4O4/c1-2-3-4-5-12-10-15(21)17(16(22)11-12)19(25)27-13-6-8-14(9-7-13)28-20(26)18(23)24/h10-11,13-14,18H,2-9H2,1H3. The summed E-state index contributed by atoms with van der Waals surface area (Å²) in [4.78, 5) is 23.1. The molecule has 28 heavy (non-hydrogen) atoms. The highest BCUT2D eigenvalue weighted by Crippen LogP contribution is 2.26. The second-order valence-electron chi connectivity index (χ2n) is 6.93. The predicted molar refractivity (Wildman–Crippen MR) is 93.1 cm³/mol. The minimum Gasteiger partial charge on any atom is -0.459 e. The Balaban J connectivity index is 1.90. The molecular formula is C20H24F4O4. The van der Waals surface area contributed by atoms with Crippen LogP contribution in [-0.4, -0.2) is 30.6 Å². The lowest BCUT2D eigenvalue weighted by molar-refractivity contribution is -0.164. The number of hydrogen-bond acceptors (Lipinski definition) is 4. The van der Waals surface area contributed by atoms with E-state index in [9.17, 15) is 27.2 Å². The van der Waals surface area contributed by atoms with E-state index in [2.05, 4.69) is 4.74 Å². The molecule has 0 spiro atoms. The van der Waals surface area contributed by atoms with Crippen LogP contribution in [0.5, 0.6) is 0 Å². The summed E-state index contributed by atoms with van der Waals surface area (Å²) in [6, 6.07) is 2.30. The first-order valence-electron chi connectivity index (χ1n) is 9.49. The zero-order valence-electron chi connectivity index (χ0n) is 15.7. The van der Waals surface area contributed by atoms with Crippen molar-refractivity contribution in [2.45, 2.75) is 76.9 Å². The van der Waals surface area contributed by atoms with Gasteiger partial charge in [0.2, 0.25) is 0 Å². The SMILES string of the molecule is CCCCCc1cc(F)c(C(=O)OC2CCC(OC(=O)C(F)F)CC2)c(F)c1. The summed E-state index contributed by atoms with van der Waals surface area (Å²) in [5, 5.41) is 0. The van der Waals surface area contributed by atoms with Gasteiger partial charge in [-0.05, 0) is 56.2 Å². The van der Waals surface area contributed by atoms with Gasteiger partial charge in [-0.15, -0.1) is 0 Å². The maximum absolute atomic E-state index is 14.2. The van der Waals surface area contributed by atoms with E-state index in [-0.39, 0.29) is 25.7 Å². The molecule has 0 saturated heterocycles. The third-order valence-corrected chi connectivity index (χ3v) is 4.73. The number of halogens is 4. The maximum Gasteiger partial charge on any atom is 0.374 e. The van der Waals surface area contributed by atoms with E-state index in [0.29, 0.717) is 12.0 Å². The molecule has 8 heteroatoms. The molecule has 1 aromatic rings. The van der Waals surface area contributed by atoms with Crippen molar-refractivity contribution >= 4 is 11.9 Å². The Morgan fingerprint density at radius 1 is 1.00 bits per heavy atom. The second-order valence-corrected chi connectivity index (χ2v) is 6.93. The van der Waals surface area contributed by atoms with Gasteiger partial charge in [-0.2, -0.15) is 8.78 Å². The van der Waals surface area contributed by atoms with Crippen LogP contribution < -0.4 is 0 Å². The highest BCUT2D eigenvalue weighted by atomic mass is 19.3. The minimum absolute atomic E-state index is 0.234. The first-order chi connectivity index (χ1) is 13.3. The summed E-state index contributed by atoms with van der Waals surface area (Å²) in [6.07, 6.45) is -0.236. The lowest BCUT2D eigenvalue weighted by atomic mass is 9.95. The molecule has 0 amide bonds. The molecule has 4 nitrogen and oxygen atoms in total. The Hall–Kier alpha value is -2.12. The molecule has 0 aromatic heterocycles. The van der Waals surface area contributed by atoms with E-state index >= 15 is 0 Å². The van der Waals surface area contributed by atoms with Crippen LogP contribution >= 0.6 is 0 Å². The van der Waals surface area contributed by atoms with Crippen molar-refractivity contribution in [2.24, 2.45) is 0 Å². The van der Waals surface area contributed by atoms with Gasteiger partial charge in [0.25, 0.3) is 0 Å². The van der Waals surface area contributed by atoms with Crippen LogP contribution in [0.25, 0.3) is 0 Å². The summed E-state index contributed by atoms with van der Waals surface area (Å²) in [5.74, 6) is -4.60. The maximum atomic E-state index is 14.2. The predicted octanol–water partition coefficient (Wildman–Crippen LogP) is 4.97. The molecule has 2 rings (SSSR count). The number of benzene rings is 1. The fourth-order valence-electron chi connectivity index (χ4n) is 3.24. The fraction of sp³-hybridized carbons (Fsp3) is 0.600. The van der Waals surface area contributed by atoms with Gasteiger partial charge in [-0.25, -0.2) is 18.4 Å². The highest BCUT2D eigenvalue weighted by molar-refractivity contribution is 5.90. The molecule has 156 valence electrons. The van der Waals surface area contributed by atoms with Gasteiger partial charge in [0.15, 0.2) is 0 Å². The van der Waals surface area contributed by atoms with E-state index in [0.717, 1.165) is 31.4 Å². The van der Waals surface area contributed by atoms with Crippen LogP contribution in [0.4, 0.5) is 17.6 Å². The Morgan fingerprint density at radius 3 is 2.04 bits per heavy atom. The summed E-state index contributed by atoms with van der Waals surface area (Å²) in [5.41, 5.74) is -0.244. The number of rotatable bonds is 8. The van der Waals surface area contributed by atoms with Gasteiger partial charge in [-0.3, -0.25) is 0 Å². The van der Waals surface area contributed by atoms with Gasteiger partial charge in [0.1, 0.15) is 29.4 Å². The molecule has 0 unspecified atom stereocenters. The van der Waals surface area contributed by atoms with Crippen LogP contribution in [0.2, 0.25) is 0 Å². The first kappa shape index (κ1) is 22.2. The monoisotopic (exact) mass is 404 g/mol. The fourth-order valence-corrected chi connectivity index (χ4v) is 3.24. The lowest BCUT2D eigenvalue weighted by Crippen LogP contribution is -2.31. The second kappa shape index (κ2) is 10.4. The number of carbonyl (C=O) groups excluding carboxylic acids is 2. The third kappa shape index (κ3) is 6.21. The van der Waals surface area contributed by atoms with Crippen molar-refractivity contribution in [3.8, 4) is 0 Å². The summed E-state index contributed by atoms with van der Waals surface area (Å²) in [7, 11) is 0. The number of hydrogen-bond donors (Lipinski definition) is 0. The Labute approximate surface area is 161 Å². The molecule has 1 aliphatic rings. The molecule has 0 N–H and O–H groups in total. The highest BCUT2D eigenvalue weighted by Gasteiger charge is 2.30. The molecule has 1 fully saturated rings. The molecule has 0 radical (unpaired) electrons. The van der Waals surface area contributed by atoms with Crippen LogP contribution in [0.1, 0.15) is 67.8 Å². The zero-order chi connectivity index (χ0) is 20.7. The van der Waals surface area contributed by atoms with Crippen molar-refractivity contribution in [1.82, 2.24) is 0 Å². The minimum atomic E-state index is -3.19. The van der Waals surface area contributed by atoms with Crippen molar-refractivity contribution < 1.29 is 36.6 Å². The average molecular weight is 404 g/mol. The lowest BCUT2D eigenvalue weighted by Gasteiger charge is -2.28.